The molecular weight excluding hydrogens is 207 g/mol. The second-order valence-corrected chi connectivity index (χ2v) is 2.50. The van der Waals surface area contributed by atoms with E-state index in [1.807, 2.05) is 6.08 Å². The minimum absolute atomic E-state index is 0.380. The van der Waals surface area contributed by atoms with Crippen LogP contribution in [0.3, 0.4) is 0 Å². The Labute approximate surface area is 57.6 Å². The second-order valence-electron chi connectivity index (χ2n) is 0.957. The first-order valence-corrected chi connectivity index (χ1v) is 3.72. The summed E-state index contributed by atoms with van der Waals surface area (Å²) in [7, 11) is 0. The smallest absolute Gasteiger partial charge is 0.0283 e. The van der Waals surface area contributed by atoms with Crippen LogP contribution < -0.4 is 0 Å². The normalized spacial score (nSPS) is 13.7. The van der Waals surface area contributed by atoms with Crippen LogP contribution in [-0.4, -0.2) is 9.68 Å². The van der Waals surface area contributed by atoms with Crippen molar-refractivity contribution in [1.82, 2.24) is 0 Å². The van der Waals surface area contributed by atoms with Crippen LogP contribution in [0.2, 0.25) is 0 Å². The lowest BCUT2D eigenvalue weighted by molar-refractivity contribution is 1.32. The fraction of sp³-hybridized carbons (Fsp3) is 0.500. The first-order valence-electron chi connectivity index (χ1n) is 1.68. The molecule has 2 heteroatoms. The minimum Gasteiger partial charge on any atom is -0.171 e. The average Bonchev–Trinajstić information content (AvgIpc) is 1.65. The van der Waals surface area contributed by atoms with E-state index < -0.39 is 0 Å². The van der Waals surface area contributed by atoms with E-state index >= 15 is 0 Å². The molecule has 0 amide bonds. The Morgan fingerprint density at radius 2 is 2.50 bits per heavy atom. The van der Waals surface area contributed by atoms with Gasteiger partial charge in [-0.2, -0.15) is 12.6 Å². The molecule has 0 saturated heterocycles. The van der Waals surface area contributed by atoms with Gasteiger partial charge in [0, 0.05) is 9.68 Å². The molecule has 0 aromatic rings. The maximum Gasteiger partial charge on any atom is 0.0283 e. The summed E-state index contributed by atoms with van der Waals surface area (Å²) in [6.07, 6.45) is 1.83. The zero-order valence-corrected chi connectivity index (χ0v) is 6.45. The summed E-state index contributed by atoms with van der Waals surface area (Å²) in [5.74, 6) is 0. The van der Waals surface area contributed by atoms with Crippen LogP contribution in [0.25, 0.3) is 0 Å². The third kappa shape index (κ3) is 3.03. The number of hydrogen-bond acceptors (Lipinski definition) is 1. The first kappa shape index (κ1) is 6.82. The van der Waals surface area contributed by atoms with Gasteiger partial charge in [-0.05, 0) is 0 Å². The van der Waals surface area contributed by atoms with Gasteiger partial charge < -0.3 is 0 Å². The molecule has 0 aromatic carbocycles. The van der Waals surface area contributed by atoms with Crippen LogP contribution >= 0.6 is 35.2 Å². The van der Waals surface area contributed by atoms with Crippen LogP contribution in [0.5, 0.6) is 0 Å². The van der Waals surface area contributed by atoms with Crippen molar-refractivity contribution < 1.29 is 0 Å². The van der Waals surface area contributed by atoms with Crippen LogP contribution in [-0.2, 0) is 0 Å². The molecule has 0 aliphatic rings. The van der Waals surface area contributed by atoms with E-state index in [1.165, 1.54) is 0 Å². The van der Waals surface area contributed by atoms with Crippen molar-refractivity contribution in [3.63, 3.8) is 0 Å². The van der Waals surface area contributed by atoms with E-state index in [9.17, 15) is 0 Å². The van der Waals surface area contributed by atoms with Crippen molar-refractivity contribution in [1.29, 1.82) is 0 Å². The Morgan fingerprint density at radius 1 is 2.00 bits per heavy atom. The average molecular weight is 214 g/mol. The van der Waals surface area contributed by atoms with E-state index in [0.717, 1.165) is 4.43 Å². The maximum absolute atomic E-state index is 4.10. The molecule has 0 unspecified atom stereocenters. The highest BCUT2D eigenvalue weighted by atomic mass is 127. The Balaban J connectivity index is 2.96. The second kappa shape index (κ2) is 3.99. The van der Waals surface area contributed by atoms with E-state index in [1.54, 1.807) is 0 Å². The molecule has 0 fully saturated rings. The number of alkyl halides is 1. The highest BCUT2D eigenvalue weighted by molar-refractivity contribution is 14.1. The molecule has 0 saturated carbocycles. The predicted molar refractivity (Wildman–Crippen MR) is 41.9 cm³/mol. The van der Waals surface area contributed by atoms with Crippen molar-refractivity contribution in [2.45, 2.75) is 5.25 Å². The molecule has 0 nitrogen and oxygen atoms in total. The van der Waals surface area contributed by atoms with Crippen molar-refractivity contribution in [2.24, 2.45) is 0 Å². The quantitative estimate of drug-likeness (QED) is 0.308. The minimum atomic E-state index is 0.380. The zero-order chi connectivity index (χ0) is 4.99. The van der Waals surface area contributed by atoms with Crippen LogP contribution in [0.1, 0.15) is 0 Å². The Kier molecular flexibility index (Phi) is 4.54. The summed E-state index contributed by atoms with van der Waals surface area (Å²) < 4.78 is 1.05. The van der Waals surface area contributed by atoms with Gasteiger partial charge in [0.15, 0.2) is 0 Å². The van der Waals surface area contributed by atoms with Gasteiger partial charge in [-0.15, -0.1) is 6.58 Å². The highest BCUT2D eigenvalue weighted by Crippen LogP contribution is 1.98. The van der Waals surface area contributed by atoms with Gasteiger partial charge in [0.05, 0.1) is 0 Å². The maximum atomic E-state index is 4.10. The molecule has 1 atom stereocenters. The molecule has 6 heavy (non-hydrogen) atoms. The summed E-state index contributed by atoms with van der Waals surface area (Å²) in [4.78, 5) is 0. The van der Waals surface area contributed by atoms with Gasteiger partial charge in [0.1, 0.15) is 0 Å². The molecule has 0 bridgehead atoms. The van der Waals surface area contributed by atoms with Crippen molar-refractivity contribution in [2.75, 3.05) is 4.43 Å². The highest BCUT2D eigenvalue weighted by Gasteiger charge is 1.86. The van der Waals surface area contributed by atoms with Gasteiger partial charge in [-0.3, -0.25) is 0 Å². The van der Waals surface area contributed by atoms with Gasteiger partial charge in [-0.1, -0.05) is 28.7 Å². The molecule has 0 aliphatic carbocycles. The molecule has 0 aliphatic heterocycles. The summed E-state index contributed by atoms with van der Waals surface area (Å²) in [6.45, 7) is 3.55. The van der Waals surface area contributed by atoms with Gasteiger partial charge in [-0.25, -0.2) is 0 Å². The lowest BCUT2D eigenvalue weighted by Crippen LogP contribution is -1.90. The lowest BCUT2D eigenvalue weighted by atomic mass is 10.5. The summed E-state index contributed by atoms with van der Waals surface area (Å²) in [5, 5.41) is 0.380. The van der Waals surface area contributed by atoms with Gasteiger partial charge in [0.25, 0.3) is 0 Å². The monoisotopic (exact) mass is 214 g/mol. The number of hydrogen-bond donors (Lipinski definition) is 1. The molecule has 36 valence electrons. The summed E-state index contributed by atoms with van der Waals surface area (Å²) in [6, 6.07) is 0. The third-order valence-electron chi connectivity index (χ3n) is 0.430. The lowest BCUT2D eigenvalue weighted by Gasteiger charge is -1.91. The van der Waals surface area contributed by atoms with E-state index in [2.05, 4.69) is 41.8 Å². The van der Waals surface area contributed by atoms with Crippen LogP contribution in [0.4, 0.5) is 0 Å². The molecule has 0 N–H and O–H groups in total. The largest absolute Gasteiger partial charge is 0.171 e. The number of halogens is 1. The Morgan fingerprint density at radius 3 is 2.50 bits per heavy atom. The van der Waals surface area contributed by atoms with Gasteiger partial charge in [0.2, 0.25) is 0 Å². The first-order chi connectivity index (χ1) is 2.81. The van der Waals surface area contributed by atoms with E-state index in [-0.39, 0.29) is 0 Å². The van der Waals surface area contributed by atoms with E-state index in [0.29, 0.717) is 5.25 Å². The summed E-state index contributed by atoms with van der Waals surface area (Å²) >= 11 is 6.37. The SMILES string of the molecule is C=C[C@H](S)CI. The molecule has 0 spiro atoms. The Hall–Kier alpha value is 0.820. The Bertz CT molecular complexity index is 44.8. The molecule has 0 heterocycles. The van der Waals surface area contributed by atoms with Crippen molar-refractivity contribution in [3.05, 3.63) is 12.7 Å². The number of rotatable bonds is 2. The fourth-order valence-corrected chi connectivity index (χ4v) is 0.423. The predicted octanol–water partition coefficient (Wildman–Crippen LogP) is 1.91. The molecule has 0 aromatic heterocycles. The summed E-state index contributed by atoms with van der Waals surface area (Å²) in [5.41, 5.74) is 0. The fourth-order valence-electron chi connectivity index (χ4n) is 0.0630. The standard InChI is InChI=1S/C4H7IS/c1-2-4(6)3-5/h2,4,6H,1,3H2/t4-/m0/s1. The molecule has 0 radical (unpaired) electrons. The number of thiol groups is 1. The molecule has 0 rings (SSSR count). The third-order valence-corrected chi connectivity index (χ3v) is 2.47. The zero-order valence-electron chi connectivity index (χ0n) is 3.39. The topological polar surface area (TPSA) is 0 Å². The van der Waals surface area contributed by atoms with Crippen LogP contribution in [0.15, 0.2) is 12.7 Å². The van der Waals surface area contributed by atoms with E-state index in [4.69, 9.17) is 0 Å². The van der Waals surface area contributed by atoms with Gasteiger partial charge >= 0.3 is 0 Å². The van der Waals surface area contributed by atoms with Crippen LogP contribution in [0, 0.1) is 0 Å². The molecular formula is C4H7IS. The van der Waals surface area contributed by atoms with Crippen molar-refractivity contribution >= 4 is 35.2 Å². The van der Waals surface area contributed by atoms with Crippen molar-refractivity contribution in [3.8, 4) is 0 Å².